The van der Waals surface area contributed by atoms with Crippen molar-refractivity contribution in [2.75, 3.05) is 30.6 Å². The first kappa shape index (κ1) is 21.1. The Kier molecular flexibility index (Phi) is 6.80. The second-order valence-corrected chi connectivity index (χ2v) is 7.97. The largest absolute Gasteiger partial charge is 0.329 e. The molecule has 0 aliphatic carbocycles. The molecule has 0 aromatic heterocycles. The summed E-state index contributed by atoms with van der Waals surface area (Å²) in [5.41, 5.74) is 1.58. The summed E-state index contributed by atoms with van der Waals surface area (Å²) in [6.07, 6.45) is 1.07. The zero-order chi connectivity index (χ0) is 18.7. The van der Waals surface area contributed by atoms with Gasteiger partial charge < -0.3 is 10.2 Å². The lowest BCUT2D eigenvalue weighted by Crippen LogP contribution is -2.48. The first-order valence-corrected chi connectivity index (χ1v) is 10.1. The highest BCUT2D eigenvalue weighted by atomic mass is 35.5. The number of rotatable bonds is 4. The minimum Gasteiger partial charge on any atom is -0.329 e. The number of amides is 1. The van der Waals surface area contributed by atoms with Crippen LogP contribution in [0, 0.1) is 5.82 Å². The minimum atomic E-state index is -3.37. The molecule has 1 fully saturated rings. The fourth-order valence-electron chi connectivity index (χ4n) is 3.02. The first-order chi connectivity index (χ1) is 12.3. The molecule has 2 aromatic carbocycles. The Balaban J connectivity index is 0.00000261. The van der Waals surface area contributed by atoms with E-state index in [0.717, 1.165) is 11.8 Å². The van der Waals surface area contributed by atoms with Crippen LogP contribution in [0.2, 0.25) is 0 Å². The number of carbonyl (C=O) groups excluding carboxylic acids is 1. The third-order valence-electron chi connectivity index (χ3n) is 4.17. The number of nitrogens with zero attached hydrogens (tertiary/aromatic N) is 1. The quantitative estimate of drug-likeness (QED) is 0.806. The summed E-state index contributed by atoms with van der Waals surface area (Å²) in [6, 6.07) is 12.3. The van der Waals surface area contributed by atoms with Crippen molar-refractivity contribution in [3.63, 3.8) is 0 Å². The SMILES string of the molecule is CS(=O)(=O)Nc1ccc(C(=O)N2CCNCC2c2cccc(F)c2)cc1.Cl. The third kappa shape index (κ3) is 5.41. The molecule has 6 nitrogen and oxygen atoms in total. The molecule has 1 saturated heterocycles. The molecule has 27 heavy (non-hydrogen) atoms. The van der Waals surface area contributed by atoms with E-state index in [2.05, 4.69) is 10.0 Å². The Morgan fingerprint density at radius 2 is 1.93 bits per heavy atom. The van der Waals surface area contributed by atoms with Crippen LogP contribution in [-0.4, -0.2) is 45.1 Å². The molecule has 1 heterocycles. The van der Waals surface area contributed by atoms with Crippen LogP contribution in [0.1, 0.15) is 22.0 Å². The molecule has 2 N–H and O–H groups in total. The molecule has 0 saturated carbocycles. The Bertz CT molecular complexity index is 906. The van der Waals surface area contributed by atoms with Crippen LogP contribution in [0.5, 0.6) is 0 Å². The van der Waals surface area contributed by atoms with E-state index in [9.17, 15) is 17.6 Å². The molecule has 1 aliphatic heterocycles. The van der Waals surface area contributed by atoms with E-state index < -0.39 is 10.0 Å². The Labute approximate surface area is 164 Å². The molecule has 0 radical (unpaired) electrons. The molecular formula is C18H21ClFN3O3S. The highest BCUT2D eigenvalue weighted by Gasteiger charge is 2.28. The van der Waals surface area contributed by atoms with Gasteiger partial charge in [-0.05, 0) is 42.0 Å². The molecule has 1 unspecified atom stereocenters. The second-order valence-electron chi connectivity index (χ2n) is 6.23. The molecule has 9 heteroatoms. The van der Waals surface area contributed by atoms with Crippen LogP contribution < -0.4 is 10.0 Å². The summed E-state index contributed by atoms with van der Waals surface area (Å²) >= 11 is 0. The number of piperazine rings is 1. The van der Waals surface area contributed by atoms with E-state index in [4.69, 9.17) is 0 Å². The van der Waals surface area contributed by atoms with Gasteiger partial charge in [0.15, 0.2) is 0 Å². The Hall–Kier alpha value is -2.16. The maximum atomic E-state index is 13.6. The molecule has 2 aromatic rings. The molecule has 146 valence electrons. The average Bonchev–Trinajstić information content (AvgIpc) is 2.60. The normalized spacial score (nSPS) is 17.1. The van der Waals surface area contributed by atoms with Crippen molar-refractivity contribution in [2.45, 2.75) is 6.04 Å². The molecule has 0 bridgehead atoms. The van der Waals surface area contributed by atoms with Gasteiger partial charge in [-0.3, -0.25) is 9.52 Å². The molecular weight excluding hydrogens is 393 g/mol. The van der Waals surface area contributed by atoms with Crippen molar-refractivity contribution in [1.29, 1.82) is 0 Å². The van der Waals surface area contributed by atoms with Gasteiger partial charge in [0, 0.05) is 30.9 Å². The number of anilines is 1. The van der Waals surface area contributed by atoms with Crippen molar-refractivity contribution >= 4 is 34.0 Å². The predicted octanol–water partition coefficient (Wildman–Crippen LogP) is 2.41. The van der Waals surface area contributed by atoms with Crippen LogP contribution in [-0.2, 0) is 10.0 Å². The van der Waals surface area contributed by atoms with E-state index in [0.29, 0.717) is 30.9 Å². The number of nitrogens with one attached hydrogen (secondary N) is 2. The summed E-state index contributed by atoms with van der Waals surface area (Å²) in [6.45, 7) is 1.71. The molecule has 1 atom stereocenters. The molecule has 3 rings (SSSR count). The molecule has 1 aliphatic rings. The fraction of sp³-hybridized carbons (Fsp3) is 0.278. The number of hydrogen-bond donors (Lipinski definition) is 2. The van der Waals surface area contributed by atoms with Gasteiger partial charge in [0.2, 0.25) is 10.0 Å². The number of benzene rings is 2. The third-order valence-corrected chi connectivity index (χ3v) is 4.78. The number of sulfonamides is 1. The summed E-state index contributed by atoms with van der Waals surface area (Å²) < 4.78 is 38.5. The molecule has 1 amide bonds. The van der Waals surface area contributed by atoms with Gasteiger partial charge >= 0.3 is 0 Å². The van der Waals surface area contributed by atoms with E-state index >= 15 is 0 Å². The number of halogens is 2. The highest BCUT2D eigenvalue weighted by molar-refractivity contribution is 7.92. The van der Waals surface area contributed by atoms with Crippen molar-refractivity contribution in [3.8, 4) is 0 Å². The van der Waals surface area contributed by atoms with Crippen LogP contribution in [0.15, 0.2) is 48.5 Å². The average molecular weight is 414 g/mol. The monoisotopic (exact) mass is 413 g/mol. The maximum absolute atomic E-state index is 13.6. The fourth-order valence-corrected chi connectivity index (χ4v) is 3.58. The van der Waals surface area contributed by atoms with Crippen molar-refractivity contribution in [1.82, 2.24) is 10.2 Å². The highest BCUT2D eigenvalue weighted by Crippen LogP contribution is 2.25. The van der Waals surface area contributed by atoms with Crippen molar-refractivity contribution in [3.05, 3.63) is 65.5 Å². The van der Waals surface area contributed by atoms with Crippen LogP contribution >= 0.6 is 12.4 Å². The summed E-state index contributed by atoms with van der Waals surface area (Å²) in [7, 11) is -3.37. The second kappa shape index (κ2) is 8.69. The van der Waals surface area contributed by atoms with Gasteiger partial charge in [-0.25, -0.2) is 12.8 Å². The zero-order valence-electron chi connectivity index (χ0n) is 14.7. The molecule has 0 spiro atoms. The van der Waals surface area contributed by atoms with Gasteiger partial charge in [-0.1, -0.05) is 12.1 Å². The van der Waals surface area contributed by atoms with E-state index in [1.807, 2.05) is 0 Å². The summed E-state index contributed by atoms with van der Waals surface area (Å²) in [5.74, 6) is -0.511. The lowest BCUT2D eigenvalue weighted by molar-refractivity contribution is 0.0634. The number of carbonyl (C=O) groups is 1. The van der Waals surface area contributed by atoms with Gasteiger partial charge in [0.05, 0.1) is 12.3 Å². The smallest absolute Gasteiger partial charge is 0.254 e. The van der Waals surface area contributed by atoms with E-state index in [1.54, 1.807) is 41.3 Å². The van der Waals surface area contributed by atoms with Crippen LogP contribution in [0.4, 0.5) is 10.1 Å². The first-order valence-electron chi connectivity index (χ1n) is 8.18. The summed E-state index contributed by atoms with van der Waals surface area (Å²) in [4.78, 5) is 14.6. The van der Waals surface area contributed by atoms with Crippen LogP contribution in [0.3, 0.4) is 0 Å². The van der Waals surface area contributed by atoms with Gasteiger partial charge in [0.25, 0.3) is 5.91 Å². The Morgan fingerprint density at radius 3 is 2.56 bits per heavy atom. The zero-order valence-corrected chi connectivity index (χ0v) is 16.3. The number of hydrogen-bond acceptors (Lipinski definition) is 4. The predicted molar refractivity (Wildman–Crippen MR) is 105 cm³/mol. The van der Waals surface area contributed by atoms with E-state index in [-0.39, 0.29) is 30.2 Å². The minimum absolute atomic E-state index is 0. The van der Waals surface area contributed by atoms with Gasteiger partial charge in [0.1, 0.15) is 5.82 Å². The summed E-state index contributed by atoms with van der Waals surface area (Å²) in [5, 5.41) is 3.23. The lowest BCUT2D eigenvalue weighted by Gasteiger charge is -2.36. The maximum Gasteiger partial charge on any atom is 0.254 e. The van der Waals surface area contributed by atoms with Crippen LogP contribution in [0.25, 0.3) is 0 Å². The topological polar surface area (TPSA) is 78.5 Å². The Morgan fingerprint density at radius 1 is 1.22 bits per heavy atom. The van der Waals surface area contributed by atoms with Crippen molar-refractivity contribution < 1.29 is 17.6 Å². The van der Waals surface area contributed by atoms with Gasteiger partial charge in [-0.2, -0.15) is 0 Å². The van der Waals surface area contributed by atoms with E-state index in [1.165, 1.54) is 12.1 Å². The van der Waals surface area contributed by atoms with Crippen molar-refractivity contribution in [2.24, 2.45) is 0 Å². The standard InChI is InChI=1S/C18H20FN3O3S.ClH/c1-26(24,25)21-16-7-5-13(6-8-16)18(23)22-10-9-20-12-17(22)14-3-2-4-15(19)11-14;/h2-8,11,17,20-21H,9-10,12H2,1H3;1H. The van der Waals surface area contributed by atoms with Gasteiger partial charge in [-0.15, -0.1) is 12.4 Å². The lowest BCUT2D eigenvalue weighted by atomic mass is 10.0.